The first kappa shape index (κ1) is 27.6. The van der Waals surface area contributed by atoms with Gasteiger partial charge in [-0.2, -0.15) is 0 Å². The van der Waals surface area contributed by atoms with E-state index in [0.717, 1.165) is 11.4 Å². The molecular weight excluding hydrogens is 600 g/mol. The van der Waals surface area contributed by atoms with Crippen LogP contribution in [0, 0.1) is 0 Å². The molecule has 8 heteroatoms. The molecule has 0 saturated heterocycles. The predicted octanol–water partition coefficient (Wildman–Crippen LogP) is 5.54. The number of hydrogen-bond acceptors (Lipinski definition) is 7. The number of ketones is 4. The Kier molecular flexibility index (Phi) is 6.00. The van der Waals surface area contributed by atoms with Crippen LogP contribution in [0.1, 0.15) is 52.6 Å². The van der Waals surface area contributed by atoms with Crippen LogP contribution in [0.5, 0.6) is 0 Å². The van der Waals surface area contributed by atoms with Gasteiger partial charge in [0.15, 0.2) is 17.3 Å². The van der Waals surface area contributed by atoms with Crippen molar-refractivity contribution in [2.75, 3.05) is 16.0 Å². The molecule has 0 spiro atoms. The van der Waals surface area contributed by atoms with Gasteiger partial charge in [-0.3, -0.25) is 19.2 Å². The Balaban J connectivity index is 1.27. The van der Waals surface area contributed by atoms with Crippen LogP contribution in [0.25, 0.3) is 0 Å². The van der Waals surface area contributed by atoms with E-state index in [4.69, 9.17) is 0 Å². The largest absolute Gasteiger partial charge is 0.364 e. The van der Waals surface area contributed by atoms with Crippen molar-refractivity contribution in [2.45, 2.75) is 6.04 Å². The summed E-state index contributed by atoms with van der Waals surface area (Å²) < 4.78 is 0. The molecule has 0 aromatic heterocycles. The Morgan fingerprint density at radius 3 is 1.71 bits per heavy atom. The van der Waals surface area contributed by atoms with E-state index in [9.17, 15) is 19.2 Å². The molecular formula is C40H25N4O4+. The predicted molar refractivity (Wildman–Crippen MR) is 183 cm³/mol. The highest BCUT2D eigenvalue weighted by Crippen LogP contribution is 2.43. The van der Waals surface area contributed by atoms with Crippen molar-refractivity contribution in [3.63, 3.8) is 0 Å². The molecule has 0 fully saturated rings. The zero-order valence-corrected chi connectivity index (χ0v) is 25.3. The lowest BCUT2D eigenvalue weighted by atomic mass is 9.75. The maximum Gasteiger partial charge on any atom is 0.239 e. The summed E-state index contributed by atoms with van der Waals surface area (Å²) in [5.74, 6) is -1.07. The van der Waals surface area contributed by atoms with E-state index in [2.05, 4.69) is 20.9 Å². The highest BCUT2D eigenvalue weighted by molar-refractivity contribution is 6.34. The summed E-state index contributed by atoms with van der Waals surface area (Å²) in [6.07, 6.45) is 1.80. The molecule has 0 saturated carbocycles. The van der Waals surface area contributed by atoms with Crippen molar-refractivity contribution in [2.24, 2.45) is 0 Å². The summed E-state index contributed by atoms with van der Waals surface area (Å²) >= 11 is 0. The van der Waals surface area contributed by atoms with Gasteiger partial charge in [-0.05, 0) is 30.3 Å². The maximum atomic E-state index is 14.3. The molecule has 4 aliphatic rings. The Bertz CT molecular complexity index is 2390. The van der Waals surface area contributed by atoms with Crippen molar-refractivity contribution < 1.29 is 24.2 Å². The normalized spacial score (nSPS) is 17.0. The molecule has 1 atom stereocenters. The summed E-state index contributed by atoms with van der Waals surface area (Å²) in [5.41, 5.74) is 6.31. The monoisotopic (exact) mass is 625 g/mol. The average molecular weight is 626 g/mol. The molecule has 5 aromatic carbocycles. The molecule has 228 valence electrons. The van der Waals surface area contributed by atoms with Crippen LogP contribution in [0.3, 0.4) is 0 Å². The number of hydrogen-bond donors (Lipinski definition) is 4. The third-order valence-corrected chi connectivity index (χ3v) is 9.20. The van der Waals surface area contributed by atoms with Gasteiger partial charge in [0, 0.05) is 45.3 Å². The van der Waals surface area contributed by atoms with E-state index < -0.39 is 6.04 Å². The second-order valence-electron chi connectivity index (χ2n) is 12.0. The minimum Gasteiger partial charge on any atom is -0.364 e. The van der Waals surface area contributed by atoms with E-state index in [1.165, 1.54) is 0 Å². The molecule has 5 aromatic rings. The summed E-state index contributed by atoms with van der Waals surface area (Å²) in [6.45, 7) is 0. The number of para-hydroxylation sites is 2. The molecule has 1 unspecified atom stereocenters. The van der Waals surface area contributed by atoms with Crippen LogP contribution in [0.4, 0.5) is 28.4 Å². The van der Waals surface area contributed by atoms with E-state index in [-0.39, 0.29) is 39.8 Å². The molecule has 9 rings (SSSR count). The van der Waals surface area contributed by atoms with E-state index >= 15 is 0 Å². The molecule has 0 radical (unpaired) electrons. The number of nitrogens with one attached hydrogen (secondary N) is 4. The second kappa shape index (κ2) is 10.4. The molecule has 8 nitrogen and oxygen atoms in total. The number of allylic oxidation sites excluding steroid dienone is 1. The van der Waals surface area contributed by atoms with Gasteiger partial charge in [-0.25, -0.2) is 4.99 Å². The smallest absolute Gasteiger partial charge is 0.239 e. The number of anilines is 4. The fourth-order valence-electron chi connectivity index (χ4n) is 7.05. The fourth-order valence-corrected chi connectivity index (χ4v) is 7.05. The lowest BCUT2D eigenvalue weighted by molar-refractivity contribution is -0.355. The molecule has 48 heavy (non-hydrogen) atoms. The van der Waals surface area contributed by atoms with Gasteiger partial charge in [-0.1, -0.05) is 84.9 Å². The van der Waals surface area contributed by atoms with Crippen molar-refractivity contribution in [3.05, 3.63) is 172 Å². The zero-order chi connectivity index (χ0) is 32.5. The van der Waals surface area contributed by atoms with Crippen LogP contribution in [-0.4, -0.2) is 34.9 Å². The van der Waals surface area contributed by atoms with Crippen molar-refractivity contribution >= 4 is 57.3 Å². The fraction of sp³-hybridized carbons (Fsp3) is 0.0250. The van der Waals surface area contributed by atoms with Crippen LogP contribution in [-0.2, 0) is 0 Å². The van der Waals surface area contributed by atoms with Gasteiger partial charge in [0.2, 0.25) is 17.2 Å². The highest BCUT2D eigenvalue weighted by atomic mass is 16.1. The minimum absolute atomic E-state index is 0.232. The van der Waals surface area contributed by atoms with Gasteiger partial charge < -0.3 is 16.0 Å². The maximum absolute atomic E-state index is 14.3. The third kappa shape index (κ3) is 4.06. The van der Waals surface area contributed by atoms with Gasteiger partial charge >= 0.3 is 0 Å². The molecule has 0 bridgehead atoms. The first-order valence-electron chi connectivity index (χ1n) is 15.6. The van der Waals surface area contributed by atoms with Gasteiger partial charge in [-0.15, -0.1) is 0 Å². The standard InChI is InChI=1S/C40H24N4O4/c45-37-23-15-7-9-17-25(23)39(47)33-31(37)27(41-21-11-3-1-4-12-21)19-29-35(33)44-30-20-28(42-22-13-5-2-6-14-22)32-34(36(30)43-29)40(48)26-18-10-8-16-24(26)38(32)46/h1-20,35,41-42,44H/p+1. The number of Topliss-reactive ketones (excluding diaryl/α,β-unsaturated/α-hetero) is 2. The summed E-state index contributed by atoms with van der Waals surface area (Å²) in [7, 11) is 0. The quantitative estimate of drug-likeness (QED) is 0.203. The molecule has 3 aliphatic carbocycles. The highest BCUT2D eigenvalue weighted by Gasteiger charge is 2.47. The molecule has 1 aliphatic heterocycles. The van der Waals surface area contributed by atoms with E-state index in [1.54, 1.807) is 60.7 Å². The molecule has 0 amide bonds. The van der Waals surface area contributed by atoms with Crippen LogP contribution < -0.4 is 20.9 Å². The lowest BCUT2D eigenvalue weighted by Crippen LogP contribution is -2.74. The van der Waals surface area contributed by atoms with Crippen molar-refractivity contribution in [1.29, 1.82) is 0 Å². The minimum atomic E-state index is -0.733. The number of carbonyl (C=O) groups is 4. The summed E-state index contributed by atoms with van der Waals surface area (Å²) in [4.78, 5) is 60.2. The third-order valence-electron chi connectivity index (χ3n) is 9.20. The van der Waals surface area contributed by atoms with Crippen molar-refractivity contribution in [3.8, 4) is 0 Å². The Hall–Kier alpha value is -6.67. The van der Waals surface area contributed by atoms with Gasteiger partial charge in [0.25, 0.3) is 0 Å². The van der Waals surface area contributed by atoms with Gasteiger partial charge in [0.05, 0.1) is 22.5 Å². The van der Waals surface area contributed by atoms with Crippen LogP contribution in [0.15, 0.2) is 138 Å². The summed E-state index contributed by atoms with van der Waals surface area (Å²) in [6, 6.07) is 33.5. The topological polar surface area (TPSA) is 118 Å². The van der Waals surface area contributed by atoms with Crippen LogP contribution in [0.2, 0.25) is 0 Å². The Labute approximate surface area is 274 Å². The number of fused-ring (bicyclic) bond motifs is 7. The average Bonchev–Trinajstić information content (AvgIpc) is 3.12. The van der Waals surface area contributed by atoms with E-state index in [0.29, 0.717) is 56.3 Å². The lowest BCUT2D eigenvalue weighted by Gasteiger charge is -2.33. The molecule has 1 heterocycles. The summed E-state index contributed by atoms with van der Waals surface area (Å²) in [5, 5.41) is 10.2. The number of benzene rings is 5. The number of carbonyl (C=O) groups excluding carboxylic acids is 4. The van der Waals surface area contributed by atoms with E-state index in [1.807, 2.05) is 60.7 Å². The first-order valence-corrected chi connectivity index (χ1v) is 15.6. The van der Waals surface area contributed by atoms with Crippen LogP contribution >= 0.6 is 0 Å². The molecule has 4 N–H and O–H groups in total. The first-order chi connectivity index (χ1) is 23.5. The van der Waals surface area contributed by atoms with Crippen molar-refractivity contribution in [1.82, 2.24) is 0 Å². The zero-order valence-electron chi connectivity index (χ0n) is 25.3. The second-order valence-corrected chi connectivity index (χ2v) is 12.0. The Morgan fingerprint density at radius 1 is 0.562 bits per heavy atom. The Morgan fingerprint density at radius 2 is 1.08 bits per heavy atom. The number of rotatable bonds is 4. The SMILES string of the molecule is O=C1C2=C(C(=O)c3ccccc31)C1Nc3cc(Nc4ccccc4)c4c(c3[NH+]=C1C=C2Nc1ccccc1)C(=O)c1ccccc1C4=O. The van der Waals surface area contributed by atoms with Gasteiger partial charge in [0.1, 0.15) is 17.3 Å².